The number of nitrogens with zero attached hydrogens (tertiary/aromatic N) is 1. The molecular formula is C21H42IN5O3. The number of carbonyl (C=O) groups excluding carboxylic acids is 2. The second kappa shape index (κ2) is 13.2. The van der Waals surface area contributed by atoms with Gasteiger partial charge in [-0.25, -0.2) is 4.79 Å². The maximum absolute atomic E-state index is 12.2. The Morgan fingerprint density at radius 1 is 0.900 bits per heavy atom. The van der Waals surface area contributed by atoms with Crippen LogP contribution in [0.25, 0.3) is 0 Å². The van der Waals surface area contributed by atoms with Gasteiger partial charge < -0.3 is 26.0 Å². The molecule has 1 aliphatic carbocycles. The van der Waals surface area contributed by atoms with E-state index in [-0.39, 0.29) is 48.1 Å². The van der Waals surface area contributed by atoms with Gasteiger partial charge in [0.25, 0.3) is 0 Å². The zero-order valence-corrected chi connectivity index (χ0v) is 22.0. The predicted molar refractivity (Wildman–Crippen MR) is 132 cm³/mol. The first-order chi connectivity index (χ1) is 13.5. The zero-order valence-electron chi connectivity index (χ0n) is 19.7. The van der Waals surface area contributed by atoms with E-state index in [9.17, 15) is 9.59 Å². The summed E-state index contributed by atoms with van der Waals surface area (Å²) < 4.78 is 5.34. The van der Waals surface area contributed by atoms with Gasteiger partial charge >= 0.3 is 6.09 Å². The molecule has 1 rings (SSSR count). The molecule has 1 fully saturated rings. The Bertz CT molecular complexity index is 567. The largest absolute Gasteiger partial charge is 0.444 e. The van der Waals surface area contributed by atoms with E-state index in [4.69, 9.17) is 4.74 Å². The van der Waals surface area contributed by atoms with Crippen LogP contribution < -0.4 is 21.3 Å². The Morgan fingerprint density at radius 3 is 1.87 bits per heavy atom. The first-order valence-electron chi connectivity index (χ1n) is 10.8. The first-order valence-corrected chi connectivity index (χ1v) is 10.8. The van der Waals surface area contributed by atoms with Gasteiger partial charge in [-0.05, 0) is 74.1 Å². The van der Waals surface area contributed by atoms with Crippen LogP contribution in [0.15, 0.2) is 4.99 Å². The molecule has 4 N–H and O–H groups in total. The summed E-state index contributed by atoms with van der Waals surface area (Å²) in [6, 6.07) is 0.427. The van der Waals surface area contributed by atoms with Gasteiger partial charge in [0.05, 0.1) is 12.0 Å². The van der Waals surface area contributed by atoms with E-state index < -0.39 is 11.0 Å². The van der Waals surface area contributed by atoms with Crippen LogP contribution in [0.2, 0.25) is 0 Å². The third kappa shape index (κ3) is 11.2. The summed E-state index contributed by atoms with van der Waals surface area (Å²) in [6.07, 6.45) is 3.30. The predicted octanol–water partition coefficient (Wildman–Crippen LogP) is 3.16. The van der Waals surface area contributed by atoms with Gasteiger partial charge in [-0.2, -0.15) is 0 Å². The van der Waals surface area contributed by atoms with E-state index in [0.717, 1.165) is 38.2 Å². The number of carbonyl (C=O) groups is 2. The Kier molecular flexibility index (Phi) is 12.7. The highest BCUT2D eigenvalue weighted by Crippen LogP contribution is 2.20. The topological polar surface area (TPSA) is 104 Å². The third-order valence-corrected chi connectivity index (χ3v) is 4.72. The SMILES string of the molecule is CCNC(=O)C(C)(C)CN=C(NCC)NC1CCC(NC(=O)OC(C)(C)C)CC1.I. The zero-order chi connectivity index (χ0) is 22.1. The number of hydrogen-bond donors (Lipinski definition) is 4. The van der Waals surface area contributed by atoms with Crippen molar-refractivity contribution in [2.24, 2.45) is 10.4 Å². The van der Waals surface area contributed by atoms with Gasteiger partial charge in [0.2, 0.25) is 5.91 Å². The van der Waals surface area contributed by atoms with Crippen molar-refractivity contribution in [3.05, 3.63) is 0 Å². The number of rotatable bonds is 7. The molecule has 0 aromatic carbocycles. The van der Waals surface area contributed by atoms with E-state index >= 15 is 0 Å². The van der Waals surface area contributed by atoms with Crippen LogP contribution in [-0.2, 0) is 9.53 Å². The van der Waals surface area contributed by atoms with Crippen molar-refractivity contribution in [3.63, 3.8) is 0 Å². The molecule has 0 radical (unpaired) electrons. The second-order valence-corrected chi connectivity index (χ2v) is 9.28. The van der Waals surface area contributed by atoms with E-state index in [1.807, 2.05) is 48.5 Å². The fourth-order valence-corrected chi connectivity index (χ4v) is 3.12. The van der Waals surface area contributed by atoms with Crippen LogP contribution in [-0.4, -0.2) is 55.3 Å². The first kappa shape index (κ1) is 28.7. The lowest BCUT2D eigenvalue weighted by atomic mass is 9.91. The molecule has 0 aromatic heterocycles. The number of guanidine groups is 1. The van der Waals surface area contributed by atoms with E-state index in [0.29, 0.717) is 13.1 Å². The minimum atomic E-state index is -0.562. The molecule has 1 saturated carbocycles. The molecule has 176 valence electrons. The number of ether oxygens (including phenoxy) is 1. The van der Waals surface area contributed by atoms with Crippen LogP contribution in [0, 0.1) is 5.41 Å². The fourth-order valence-electron chi connectivity index (χ4n) is 3.12. The Morgan fingerprint density at radius 2 is 1.40 bits per heavy atom. The highest BCUT2D eigenvalue weighted by atomic mass is 127. The molecule has 0 spiro atoms. The number of alkyl carbamates (subject to hydrolysis) is 1. The molecule has 0 atom stereocenters. The van der Waals surface area contributed by atoms with Crippen LogP contribution in [0.4, 0.5) is 4.79 Å². The van der Waals surface area contributed by atoms with Gasteiger partial charge in [-0.3, -0.25) is 9.79 Å². The molecule has 0 aromatic rings. The van der Waals surface area contributed by atoms with E-state index in [1.54, 1.807) is 0 Å². The number of amides is 2. The summed E-state index contributed by atoms with van der Waals surface area (Å²) in [6.45, 7) is 15.1. The Labute approximate surface area is 199 Å². The van der Waals surface area contributed by atoms with Crippen LogP contribution >= 0.6 is 24.0 Å². The molecule has 8 nitrogen and oxygen atoms in total. The van der Waals surface area contributed by atoms with Crippen molar-refractivity contribution in [1.29, 1.82) is 0 Å². The van der Waals surface area contributed by atoms with Crippen molar-refractivity contribution in [3.8, 4) is 0 Å². The maximum Gasteiger partial charge on any atom is 0.407 e. The highest BCUT2D eigenvalue weighted by molar-refractivity contribution is 14.0. The summed E-state index contributed by atoms with van der Waals surface area (Å²) in [4.78, 5) is 28.7. The van der Waals surface area contributed by atoms with Gasteiger partial charge in [-0.15, -0.1) is 24.0 Å². The van der Waals surface area contributed by atoms with E-state index in [1.165, 1.54) is 0 Å². The summed E-state index contributed by atoms with van der Waals surface area (Å²) in [5, 5.41) is 12.6. The maximum atomic E-state index is 12.2. The van der Waals surface area contributed by atoms with Crippen molar-refractivity contribution in [2.75, 3.05) is 19.6 Å². The minimum absolute atomic E-state index is 0. The molecule has 1 aliphatic rings. The highest BCUT2D eigenvalue weighted by Gasteiger charge is 2.28. The quantitative estimate of drug-likeness (QED) is 0.226. The molecule has 2 amide bonds. The molecule has 0 aliphatic heterocycles. The molecule has 0 heterocycles. The number of halogens is 1. The lowest BCUT2D eigenvalue weighted by Gasteiger charge is -2.31. The fraction of sp³-hybridized carbons (Fsp3) is 0.857. The van der Waals surface area contributed by atoms with Gasteiger partial charge in [0, 0.05) is 25.2 Å². The molecule has 0 saturated heterocycles. The molecule has 30 heavy (non-hydrogen) atoms. The van der Waals surface area contributed by atoms with Crippen LogP contribution in [0.1, 0.15) is 74.1 Å². The molecule has 9 heteroatoms. The van der Waals surface area contributed by atoms with Gasteiger partial charge in [0.15, 0.2) is 5.96 Å². The van der Waals surface area contributed by atoms with Crippen molar-refractivity contribution in [2.45, 2.75) is 91.8 Å². The number of aliphatic imine (C=N–C) groups is 1. The monoisotopic (exact) mass is 539 g/mol. The van der Waals surface area contributed by atoms with Crippen molar-refractivity contribution >= 4 is 41.9 Å². The van der Waals surface area contributed by atoms with E-state index in [2.05, 4.69) is 26.3 Å². The normalized spacial score (nSPS) is 19.9. The summed E-state index contributed by atoms with van der Waals surface area (Å²) >= 11 is 0. The average molecular weight is 540 g/mol. The van der Waals surface area contributed by atoms with Crippen LogP contribution in [0.5, 0.6) is 0 Å². The standard InChI is InChI=1S/C21H41N5O3.HI/c1-8-22-17(27)21(6,7)14-24-18(23-9-2)25-15-10-12-16(13-11-15)26-19(28)29-20(3,4)5;/h15-16H,8-14H2,1-7H3,(H,22,27)(H,26,28)(H2,23,24,25);1H. The van der Waals surface area contributed by atoms with Crippen LogP contribution in [0.3, 0.4) is 0 Å². The second-order valence-electron chi connectivity index (χ2n) is 9.28. The molecular weight excluding hydrogens is 497 g/mol. The summed E-state index contributed by atoms with van der Waals surface area (Å²) in [7, 11) is 0. The Balaban J connectivity index is 0.00000841. The van der Waals surface area contributed by atoms with Gasteiger partial charge in [-0.1, -0.05) is 0 Å². The number of hydrogen-bond acceptors (Lipinski definition) is 4. The minimum Gasteiger partial charge on any atom is -0.444 e. The average Bonchev–Trinajstić information content (AvgIpc) is 2.60. The summed E-state index contributed by atoms with van der Waals surface area (Å²) in [5.74, 6) is 0.738. The van der Waals surface area contributed by atoms with Gasteiger partial charge in [0.1, 0.15) is 5.60 Å². The molecule has 0 unspecified atom stereocenters. The smallest absolute Gasteiger partial charge is 0.407 e. The lowest BCUT2D eigenvalue weighted by molar-refractivity contribution is -0.128. The summed E-state index contributed by atoms with van der Waals surface area (Å²) in [5.41, 5.74) is -1.05. The van der Waals surface area contributed by atoms with Crippen molar-refractivity contribution < 1.29 is 14.3 Å². The lowest BCUT2D eigenvalue weighted by Crippen LogP contribution is -2.48. The third-order valence-electron chi connectivity index (χ3n) is 4.72. The molecule has 0 bridgehead atoms. The number of nitrogens with one attached hydrogen (secondary N) is 4. The van der Waals surface area contributed by atoms with Crippen molar-refractivity contribution in [1.82, 2.24) is 21.3 Å². The Hall–Kier alpha value is -1.26.